The van der Waals surface area contributed by atoms with Crippen LogP contribution < -0.4 is 51.3 Å². The highest BCUT2D eigenvalue weighted by Gasteiger charge is 2.54. The summed E-state index contributed by atoms with van der Waals surface area (Å²) in [4.78, 5) is 4.47. The normalized spacial score (nSPS) is 14.3. The van der Waals surface area contributed by atoms with Crippen molar-refractivity contribution in [1.29, 1.82) is 0 Å². The molecule has 0 aliphatic carbocycles. The summed E-state index contributed by atoms with van der Waals surface area (Å²) in [7, 11) is 3.15. The first kappa shape index (κ1) is 30.6. The molecule has 2 heterocycles. The molecule has 2 aliphatic heterocycles. The van der Waals surface area contributed by atoms with E-state index in [4.69, 9.17) is 0 Å². The lowest BCUT2D eigenvalue weighted by molar-refractivity contribution is 1.13. The van der Waals surface area contributed by atoms with Crippen LogP contribution in [0, 0.1) is 0 Å². The third kappa shape index (κ3) is 4.19. The third-order valence-electron chi connectivity index (χ3n) is 11.2. The first-order valence-electron chi connectivity index (χ1n) is 17.5. The van der Waals surface area contributed by atoms with Crippen LogP contribution in [0.3, 0.4) is 0 Å². The highest BCUT2D eigenvalue weighted by molar-refractivity contribution is 7.24. The summed E-state index contributed by atoms with van der Waals surface area (Å²) < 4.78 is 0. The smallest absolute Gasteiger partial charge is 0.180 e. The van der Waals surface area contributed by atoms with E-state index in [-0.39, 0.29) is 0 Å². The standard InChI is InChI=1S/C46H40N2Si2/c1-47(2)33-25-27-43-39(29-33)41-31-42-40-30-34(48(3)4)26-28-44(40)50(37-21-13-7-14-22-37,38-23-15-8-16-24-38)46(42)32-45(41)49(43,35-17-9-5-10-18-35)36-19-11-6-12-20-36/h5-32H,1-4H3. The molecule has 0 radical (unpaired) electrons. The van der Waals surface area contributed by atoms with E-state index in [1.165, 1.54) is 75.1 Å². The summed E-state index contributed by atoms with van der Waals surface area (Å²) in [5, 5.41) is 11.7. The molecule has 242 valence electrons. The number of benzene rings is 7. The van der Waals surface area contributed by atoms with E-state index in [9.17, 15) is 0 Å². The van der Waals surface area contributed by atoms with Gasteiger partial charge in [-0.05, 0) is 94.1 Å². The maximum absolute atomic E-state index is 2.73. The number of rotatable bonds is 6. The molecule has 0 atom stereocenters. The Morgan fingerprint density at radius 3 is 0.900 bits per heavy atom. The van der Waals surface area contributed by atoms with Crippen LogP contribution in [0.5, 0.6) is 0 Å². The molecule has 7 aromatic rings. The molecule has 0 aromatic heterocycles. The van der Waals surface area contributed by atoms with Crippen LogP contribution in [0.2, 0.25) is 0 Å². The van der Waals surface area contributed by atoms with Gasteiger partial charge in [-0.15, -0.1) is 0 Å². The SMILES string of the molecule is CN(C)c1ccc2c(c1)-c1cc3c(cc1[Si]2(c1ccccc1)c1ccccc1)[Si](c1ccccc1)(c1ccccc1)c1ccc(N(C)C)cc1-3. The van der Waals surface area contributed by atoms with Gasteiger partial charge in [0.25, 0.3) is 0 Å². The second-order valence-electron chi connectivity index (χ2n) is 14.2. The van der Waals surface area contributed by atoms with Crippen LogP contribution in [0.25, 0.3) is 22.3 Å². The van der Waals surface area contributed by atoms with E-state index in [2.05, 4.69) is 208 Å². The lowest BCUT2D eigenvalue weighted by Crippen LogP contribution is -2.75. The monoisotopic (exact) mass is 676 g/mol. The second kappa shape index (κ2) is 11.6. The lowest BCUT2D eigenvalue weighted by Gasteiger charge is -2.34. The van der Waals surface area contributed by atoms with Crippen LogP contribution in [-0.4, -0.2) is 44.3 Å². The molecular weight excluding hydrogens is 637 g/mol. The van der Waals surface area contributed by atoms with Crippen molar-refractivity contribution < 1.29 is 0 Å². The van der Waals surface area contributed by atoms with Gasteiger partial charge in [0.15, 0.2) is 16.1 Å². The predicted molar refractivity (Wildman–Crippen MR) is 220 cm³/mol. The van der Waals surface area contributed by atoms with Gasteiger partial charge < -0.3 is 9.80 Å². The van der Waals surface area contributed by atoms with Gasteiger partial charge in [0, 0.05) is 39.6 Å². The fourth-order valence-electron chi connectivity index (χ4n) is 9.01. The highest BCUT2D eigenvalue weighted by atomic mass is 28.3. The van der Waals surface area contributed by atoms with E-state index in [0.29, 0.717) is 0 Å². The molecule has 0 fully saturated rings. The van der Waals surface area contributed by atoms with Gasteiger partial charge in [0.1, 0.15) is 0 Å². The molecule has 0 saturated carbocycles. The number of fused-ring (bicyclic) bond motifs is 6. The Balaban J connectivity index is 1.48. The minimum Gasteiger partial charge on any atom is -0.378 e. The van der Waals surface area contributed by atoms with E-state index in [0.717, 1.165) is 0 Å². The average molecular weight is 677 g/mol. The van der Waals surface area contributed by atoms with Gasteiger partial charge in [-0.25, -0.2) is 0 Å². The fourth-order valence-corrected chi connectivity index (χ4v) is 19.5. The van der Waals surface area contributed by atoms with E-state index in [1.54, 1.807) is 0 Å². The Hall–Kier alpha value is -5.43. The molecule has 2 aliphatic rings. The Kier molecular flexibility index (Phi) is 7.09. The summed E-state index contributed by atoms with van der Waals surface area (Å²) in [6.45, 7) is 0. The Bertz CT molecular complexity index is 2130. The van der Waals surface area contributed by atoms with Crippen molar-refractivity contribution in [3.8, 4) is 22.3 Å². The minimum atomic E-state index is -2.73. The largest absolute Gasteiger partial charge is 0.378 e. The van der Waals surface area contributed by atoms with Gasteiger partial charge in [0.05, 0.1) is 0 Å². The minimum absolute atomic E-state index is 1.23. The molecule has 0 amide bonds. The van der Waals surface area contributed by atoms with E-state index >= 15 is 0 Å². The van der Waals surface area contributed by atoms with Crippen molar-refractivity contribution in [1.82, 2.24) is 0 Å². The molecule has 0 saturated heterocycles. The van der Waals surface area contributed by atoms with Gasteiger partial charge in [-0.1, -0.05) is 140 Å². The maximum Gasteiger partial charge on any atom is 0.180 e. The zero-order valence-electron chi connectivity index (χ0n) is 29.1. The number of nitrogens with zero attached hydrogens (tertiary/aromatic N) is 2. The van der Waals surface area contributed by atoms with E-state index in [1.807, 2.05) is 0 Å². The van der Waals surface area contributed by atoms with Crippen LogP contribution in [0.1, 0.15) is 0 Å². The van der Waals surface area contributed by atoms with Crippen molar-refractivity contribution in [2.75, 3.05) is 38.0 Å². The van der Waals surface area contributed by atoms with Crippen LogP contribution >= 0.6 is 0 Å². The van der Waals surface area contributed by atoms with Gasteiger partial charge >= 0.3 is 0 Å². The summed E-state index contributed by atoms with van der Waals surface area (Å²) in [5.74, 6) is 0. The van der Waals surface area contributed by atoms with Gasteiger partial charge in [-0.2, -0.15) is 0 Å². The highest BCUT2D eigenvalue weighted by Crippen LogP contribution is 2.38. The van der Waals surface area contributed by atoms with Gasteiger partial charge in [0.2, 0.25) is 0 Å². The predicted octanol–water partition coefficient (Wildman–Crippen LogP) is 4.53. The average Bonchev–Trinajstić information content (AvgIpc) is 3.62. The zero-order chi connectivity index (χ0) is 34.0. The Morgan fingerprint density at radius 2 is 0.600 bits per heavy atom. The van der Waals surface area contributed by atoms with Crippen LogP contribution in [0.15, 0.2) is 170 Å². The lowest BCUT2D eigenvalue weighted by atomic mass is 9.98. The number of anilines is 2. The molecule has 2 nitrogen and oxygen atoms in total. The fraction of sp³-hybridized carbons (Fsp3) is 0.0870. The van der Waals surface area contributed by atoms with Crippen molar-refractivity contribution in [3.63, 3.8) is 0 Å². The summed E-state index contributed by atoms with van der Waals surface area (Å²) in [6.07, 6.45) is 0. The van der Waals surface area contributed by atoms with Crippen molar-refractivity contribution in [2.45, 2.75) is 0 Å². The molecule has 0 bridgehead atoms. The van der Waals surface area contributed by atoms with Crippen LogP contribution in [-0.2, 0) is 0 Å². The molecule has 0 unspecified atom stereocenters. The van der Waals surface area contributed by atoms with Crippen molar-refractivity contribution >= 4 is 69.0 Å². The molecular formula is C46H40N2Si2. The second-order valence-corrected chi connectivity index (χ2v) is 21.6. The third-order valence-corrected chi connectivity index (χ3v) is 20.9. The zero-order valence-corrected chi connectivity index (χ0v) is 31.1. The quantitative estimate of drug-likeness (QED) is 0.239. The first-order valence-corrected chi connectivity index (χ1v) is 21.5. The van der Waals surface area contributed by atoms with Crippen molar-refractivity contribution in [2.24, 2.45) is 0 Å². The maximum atomic E-state index is 2.72. The molecule has 0 N–H and O–H groups in total. The van der Waals surface area contributed by atoms with Crippen molar-refractivity contribution in [3.05, 3.63) is 170 Å². The number of hydrogen-bond acceptors (Lipinski definition) is 2. The van der Waals surface area contributed by atoms with Crippen LogP contribution in [0.4, 0.5) is 11.4 Å². The Labute approximate surface area is 298 Å². The first-order chi connectivity index (χ1) is 24.5. The molecule has 0 spiro atoms. The topological polar surface area (TPSA) is 6.48 Å². The molecule has 7 aromatic carbocycles. The Morgan fingerprint density at radius 1 is 0.300 bits per heavy atom. The van der Waals surface area contributed by atoms with E-state index < -0.39 is 16.1 Å². The molecule has 4 heteroatoms. The summed E-state index contributed by atoms with van der Waals surface area (Å²) in [5.41, 5.74) is 7.97. The molecule has 50 heavy (non-hydrogen) atoms. The summed E-state index contributed by atoms with van der Waals surface area (Å²) in [6, 6.07) is 65.4. The van der Waals surface area contributed by atoms with Gasteiger partial charge in [-0.3, -0.25) is 0 Å². The number of hydrogen-bond donors (Lipinski definition) is 0. The molecule has 9 rings (SSSR count). The summed E-state index contributed by atoms with van der Waals surface area (Å²) >= 11 is 0.